The van der Waals surface area contributed by atoms with Gasteiger partial charge in [0.1, 0.15) is 5.52 Å². The molecule has 2 aromatic carbocycles. The van der Waals surface area contributed by atoms with E-state index in [1.165, 1.54) is 0 Å². The molecule has 0 radical (unpaired) electrons. The summed E-state index contributed by atoms with van der Waals surface area (Å²) in [4.78, 5) is 27.2. The Labute approximate surface area is 209 Å². The number of aromatic nitrogens is 4. The lowest BCUT2D eigenvalue weighted by atomic mass is 9.92. The Morgan fingerprint density at radius 2 is 1.69 bits per heavy atom. The number of aryl methyl sites for hydroxylation is 1. The van der Waals surface area contributed by atoms with E-state index in [0.29, 0.717) is 23.7 Å². The lowest BCUT2D eigenvalue weighted by Gasteiger charge is -2.29. The average molecular weight is 477 g/mol. The van der Waals surface area contributed by atoms with Gasteiger partial charge in [-0.25, -0.2) is 4.98 Å². The van der Waals surface area contributed by atoms with Crippen LogP contribution in [0.15, 0.2) is 78.1 Å². The van der Waals surface area contributed by atoms with Crippen LogP contribution in [0.25, 0.3) is 32.9 Å². The summed E-state index contributed by atoms with van der Waals surface area (Å²) in [6.45, 7) is 1.99. The van der Waals surface area contributed by atoms with Crippen molar-refractivity contribution in [2.45, 2.75) is 51.2 Å². The smallest absolute Gasteiger partial charge is 0.261 e. The highest BCUT2D eigenvalue weighted by Gasteiger charge is 2.26. The molecule has 0 unspecified atom stereocenters. The van der Waals surface area contributed by atoms with E-state index in [1.807, 2.05) is 37.4 Å². The van der Waals surface area contributed by atoms with Gasteiger partial charge in [-0.1, -0.05) is 43.2 Å². The van der Waals surface area contributed by atoms with E-state index in [-0.39, 0.29) is 11.6 Å². The second-order valence-corrected chi connectivity index (χ2v) is 9.77. The van der Waals surface area contributed by atoms with Crippen LogP contribution in [0, 0.1) is 6.92 Å². The van der Waals surface area contributed by atoms with Crippen LogP contribution >= 0.6 is 0 Å². The number of fused-ring (bicyclic) bond motifs is 3. The molecule has 6 heteroatoms. The maximum Gasteiger partial charge on any atom is 0.261 e. The van der Waals surface area contributed by atoms with E-state index < -0.39 is 6.10 Å². The highest BCUT2D eigenvalue weighted by atomic mass is 16.3. The second-order valence-electron chi connectivity index (χ2n) is 9.77. The lowest BCUT2D eigenvalue weighted by Crippen LogP contribution is -2.34. The molecule has 1 fully saturated rings. The molecule has 1 aliphatic carbocycles. The zero-order valence-corrected chi connectivity index (χ0v) is 20.3. The Balaban J connectivity index is 1.42. The van der Waals surface area contributed by atoms with E-state index in [2.05, 4.69) is 45.3 Å². The Morgan fingerprint density at radius 1 is 0.889 bits per heavy atom. The summed E-state index contributed by atoms with van der Waals surface area (Å²) >= 11 is 0. The van der Waals surface area contributed by atoms with Crippen LogP contribution in [0.1, 0.15) is 48.5 Å². The monoisotopic (exact) mass is 476 g/mol. The van der Waals surface area contributed by atoms with Crippen molar-refractivity contribution in [3.63, 3.8) is 0 Å². The topological polar surface area (TPSA) is 80.9 Å². The van der Waals surface area contributed by atoms with E-state index >= 15 is 0 Å². The summed E-state index contributed by atoms with van der Waals surface area (Å²) in [7, 11) is 0. The molecule has 0 saturated heterocycles. The molecular formula is C30H28N4O2. The van der Waals surface area contributed by atoms with Crippen molar-refractivity contribution in [3.05, 3.63) is 100 Å². The highest BCUT2D eigenvalue weighted by molar-refractivity contribution is 6.04. The molecule has 36 heavy (non-hydrogen) atoms. The fourth-order valence-electron chi connectivity index (χ4n) is 5.46. The van der Waals surface area contributed by atoms with Crippen LogP contribution in [-0.4, -0.2) is 30.7 Å². The lowest BCUT2D eigenvalue weighted by molar-refractivity contribution is 0.0735. The van der Waals surface area contributed by atoms with Gasteiger partial charge in [0.25, 0.3) is 5.56 Å². The number of aliphatic hydroxyl groups excluding tert-OH is 1. The first kappa shape index (κ1) is 22.6. The number of nitrogens with zero attached hydrogens (tertiary/aromatic N) is 4. The van der Waals surface area contributed by atoms with Gasteiger partial charge in [-0.05, 0) is 72.7 Å². The molecule has 5 aromatic rings. The van der Waals surface area contributed by atoms with E-state index in [1.54, 1.807) is 17.1 Å². The number of benzene rings is 2. The molecule has 0 aliphatic heterocycles. The van der Waals surface area contributed by atoms with Crippen molar-refractivity contribution in [3.8, 4) is 11.1 Å². The number of hydrogen-bond acceptors (Lipinski definition) is 5. The summed E-state index contributed by atoms with van der Waals surface area (Å²) in [6, 6.07) is 18.3. The van der Waals surface area contributed by atoms with Gasteiger partial charge in [0.2, 0.25) is 0 Å². The van der Waals surface area contributed by atoms with Crippen LogP contribution in [0.2, 0.25) is 0 Å². The van der Waals surface area contributed by atoms with E-state index in [0.717, 1.165) is 58.1 Å². The zero-order chi connectivity index (χ0) is 24.6. The fourth-order valence-corrected chi connectivity index (χ4v) is 5.46. The third-order valence-electron chi connectivity index (χ3n) is 7.36. The Morgan fingerprint density at radius 3 is 2.50 bits per heavy atom. The molecule has 180 valence electrons. The van der Waals surface area contributed by atoms with Crippen LogP contribution in [0.5, 0.6) is 0 Å². The van der Waals surface area contributed by atoms with Crippen LogP contribution in [0.3, 0.4) is 0 Å². The molecular weight excluding hydrogens is 448 g/mol. The van der Waals surface area contributed by atoms with Crippen molar-refractivity contribution >= 4 is 21.8 Å². The Kier molecular flexibility index (Phi) is 5.82. The summed E-state index contributed by atoms with van der Waals surface area (Å²) in [5.74, 6) is 0. The molecule has 0 spiro atoms. The van der Waals surface area contributed by atoms with Gasteiger partial charge in [-0.2, -0.15) is 0 Å². The number of rotatable bonds is 4. The van der Waals surface area contributed by atoms with Crippen LogP contribution < -0.4 is 5.56 Å². The van der Waals surface area contributed by atoms with Crippen LogP contribution in [0.4, 0.5) is 0 Å². The average Bonchev–Trinajstić information content (AvgIpc) is 2.90. The van der Waals surface area contributed by atoms with Gasteiger partial charge in [0.05, 0.1) is 29.4 Å². The van der Waals surface area contributed by atoms with Crippen molar-refractivity contribution in [2.75, 3.05) is 0 Å². The third-order valence-corrected chi connectivity index (χ3v) is 7.36. The minimum absolute atomic E-state index is 0.108. The molecule has 6 rings (SSSR count). The van der Waals surface area contributed by atoms with Gasteiger partial charge in [-0.3, -0.25) is 19.3 Å². The normalized spacial score (nSPS) is 18.1. The maximum absolute atomic E-state index is 13.6. The molecule has 0 amide bonds. The minimum atomic E-state index is -0.517. The predicted molar refractivity (Wildman–Crippen MR) is 142 cm³/mol. The van der Waals surface area contributed by atoms with Gasteiger partial charge in [-0.15, -0.1) is 0 Å². The first-order valence-corrected chi connectivity index (χ1v) is 12.6. The summed E-state index contributed by atoms with van der Waals surface area (Å²) in [6.07, 6.45) is 8.83. The van der Waals surface area contributed by atoms with Crippen molar-refractivity contribution in [2.24, 2.45) is 0 Å². The quantitative estimate of drug-likeness (QED) is 0.352. The number of hydrogen-bond donors (Lipinski definition) is 1. The fraction of sp³-hybridized carbons (Fsp3) is 0.267. The van der Waals surface area contributed by atoms with Crippen molar-refractivity contribution < 1.29 is 5.11 Å². The van der Waals surface area contributed by atoms with Gasteiger partial charge >= 0.3 is 0 Å². The molecule has 3 aromatic heterocycles. The summed E-state index contributed by atoms with van der Waals surface area (Å²) in [5, 5.41) is 12.1. The maximum atomic E-state index is 13.6. The zero-order valence-electron chi connectivity index (χ0n) is 20.3. The largest absolute Gasteiger partial charge is 0.391 e. The minimum Gasteiger partial charge on any atom is -0.391 e. The second kappa shape index (κ2) is 9.28. The highest BCUT2D eigenvalue weighted by Crippen LogP contribution is 2.30. The van der Waals surface area contributed by atoms with Gasteiger partial charge in [0, 0.05) is 23.5 Å². The van der Waals surface area contributed by atoms with Gasteiger partial charge in [0.15, 0.2) is 0 Å². The molecule has 3 heterocycles. The standard InChI is InChI=1S/C30H28N4O2/c1-19-15-22(12-14-31-19)21-10-8-20(9-11-21)16-23-17-25-29(28-24(23)5-4-13-32-28)33-18-34(30(25)36)26-6-2-3-7-27(26)35/h4-5,8-15,17-18,26-27,35H,2-3,6-7,16H2,1H3/t26-,27-/m0/s1. The summed E-state index contributed by atoms with van der Waals surface area (Å²) in [5.41, 5.74) is 6.72. The first-order valence-electron chi connectivity index (χ1n) is 12.6. The Hall–Kier alpha value is -3.90. The van der Waals surface area contributed by atoms with Crippen molar-refractivity contribution in [1.29, 1.82) is 0 Å². The van der Waals surface area contributed by atoms with Crippen LogP contribution in [-0.2, 0) is 6.42 Å². The SMILES string of the molecule is Cc1cc(-c2ccc(Cc3cc4c(=O)n([C@H]5CCCC[C@@H]5O)cnc4c4ncccc34)cc2)ccn1. The third kappa shape index (κ3) is 4.07. The number of pyridine rings is 2. The molecule has 1 N–H and O–H groups in total. The molecule has 6 nitrogen and oxygen atoms in total. The van der Waals surface area contributed by atoms with Crippen molar-refractivity contribution in [1.82, 2.24) is 19.5 Å². The van der Waals surface area contributed by atoms with E-state index in [9.17, 15) is 9.90 Å². The number of aliphatic hydroxyl groups is 1. The molecule has 1 saturated carbocycles. The van der Waals surface area contributed by atoms with Gasteiger partial charge < -0.3 is 5.11 Å². The first-order chi connectivity index (χ1) is 17.6. The molecule has 0 bridgehead atoms. The Bertz CT molecular complexity index is 1620. The van der Waals surface area contributed by atoms with E-state index in [4.69, 9.17) is 0 Å². The molecule has 1 aliphatic rings. The predicted octanol–water partition coefficient (Wildman–Crippen LogP) is 5.38. The molecule has 2 atom stereocenters. The summed E-state index contributed by atoms with van der Waals surface area (Å²) < 4.78 is 1.64.